The third-order valence-electron chi connectivity index (χ3n) is 2.30. The summed E-state index contributed by atoms with van der Waals surface area (Å²) in [5.41, 5.74) is 1.03. The number of aromatic hydroxyl groups is 1. The molecule has 0 heterocycles. The number of unbranched alkanes of at least 4 members (excludes halogenated alkanes) is 1. The molecular formula is C13H21NO2. The predicted octanol–water partition coefficient (Wildman–Crippen LogP) is 3.01. The average Bonchev–Trinajstić information content (AvgIpc) is 2.30. The van der Waals surface area contributed by atoms with Crippen molar-refractivity contribution in [2.75, 3.05) is 25.1 Å². The van der Waals surface area contributed by atoms with E-state index >= 15 is 0 Å². The Morgan fingerprint density at radius 1 is 1.12 bits per heavy atom. The number of phenolic OH excluding ortho intramolecular Hbond substituents is 1. The highest BCUT2D eigenvalue weighted by Crippen LogP contribution is 2.13. The van der Waals surface area contributed by atoms with Gasteiger partial charge in [0.05, 0.1) is 0 Å². The zero-order chi connectivity index (χ0) is 11.6. The smallest absolute Gasteiger partial charge is 0.115 e. The monoisotopic (exact) mass is 223 g/mol. The Kier molecular flexibility index (Phi) is 6.42. The number of phenols is 1. The summed E-state index contributed by atoms with van der Waals surface area (Å²) < 4.78 is 5.45. The Morgan fingerprint density at radius 2 is 1.81 bits per heavy atom. The molecule has 0 aliphatic heterocycles. The normalized spacial score (nSPS) is 10.3. The van der Waals surface area contributed by atoms with Crippen LogP contribution in [0.4, 0.5) is 5.69 Å². The largest absolute Gasteiger partial charge is 0.508 e. The number of anilines is 1. The maximum Gasteiger partial charge on any atom is 0.115 e. The van der Waals surface area contributed by atoms with Crippen LogP contribution in [0.3, 0.4) is 0 Å². The lowest BCUT2D eigenvalue weighted by Gasteiger charge is -2.06. The molecule has 0 saturated heterocycles. The van der Waals surface area contributed by atoms with Gasteiger partial charge in [-0.05, 0) is 37.1 Å². The molecule has 0 fully saturated rings. The molecular weight excluding hydrogens is 202 g/mol. The molecule has 0 aromatic heterocycles. The lowest BCUT2D eigenvalue weighted by molar-refractivity contribution is 0.131. The zero-order valence-corrected chi connectivity index (χ0v) is 9.91. The molecule has 0 spiro atoms. The summed E-state index contributed by atoms with van der Waals surface area (Å²) in [4.78, 5) is 0. The first-order chi connectivity index (χ1) is 7.83. The molecule has 0 bridgehead atoms. The molecule has 90 valence electrons. The van der Waals surface area contributed by atoms with Gasteiger partial charge in [0, 0.05) is 25.4 Å². The van der Waals surface area contributed by atoms with Gasteiger partial charge in [-0.15, -0.1) is 0 Å². The van der Waals surface area contributed by atoms with Crippen LogP contribution in [0, 0.1) is 0 Å². The Balaban J connectivity index is 2.01. The van der Waals surface area contributed by atoms with E-state index < -0.39 is 0 Å². The number of rotatable bonds is 8. The van der Waals surface area contributed by atoms with Gasteiger partial charge in [0.15, 0.2) is 0 Å². The minimum absolute atomic E-state index is 0.299. The van der Waals surface area contributed by atoms with Gasteiger partial charge in [-0.1, -0.05) is 13.3 Å². The number of benzene rings is 1. The fourth-order valence-electron chi connectivity index (χ4n) is 1.33. The van der Waals surface area contributed by atoms with Crippen LogP contribution >= 0.6 is 0 Å². The molecule has 0 aliphatic rings. The summed E-state index contributed by atoms with van der Waals surface area (Å²) in [7, 11) is 0. The van der Waals surface area contributed by atoms with Gasteiger partial charge in [-0.3, -0.25) is 0 Å². The highest BCUT2D eigenvalue weighted by Gasteiger charge is 1.92. The summed E-state index contributed by atoms with van der Waals surface area (Å²) in [5, 5.41) is 12.4. The minimum Gasteiger partial charge on any atom is -0.508 e. The van der Waals surface area contributed by atoms with Crippen LogP contribution in [-0.2, 0) is 4.74 Å². The van der Waals surface area contributed by atoms with E-state index in [1.807, 2.05) is 12.1 Å². The summed E-state index contributed by atoms with van der Waals surface area (Å²) in [6.45, 7) is 4.74. The number of hydrogen-bond acceptors (Lipinski definition) is 3. The molecule has 0 unspecified atom stereocenters. The second kappa shape index (κ2) is 7.99. The predicted molar refractivity (Wildman–Crippen MR) is 66.9 cm³/mol. The van der Waals surface area contributed by atoms with Gasteiger partial charge in [0.2, 0.25) is 0 Å². The third-order valence-corrected chi connectivity index (χ3v) is 2.30. The molecule has 0 amide bonds. The molecule has 0 saturated carbocycles. The van der Waals surface area contributed by atoms with Crippen molar-refractivity contribution in [1.82, 2.24) is 0 Å². The first-order valence-corrected chi connectivity index (χ1v) is 5.93. The van der Waals surface area contributed by atoms with Gasteiger partial charge < -0.3 is 15.2 Å². The van der Waals surface area contributed by atoms with Crippen LogP contribution in [0.25, 0.3) is 0 Å². The summed E-state index contributed by atoms with van der Waals surface area (Å²) >= 11 is 0. The van der Waals surface area contributed by atoms with E-state index in [4.69, 9.17) is 9.84 Å². The molecule has 0 atom stereocenters. The second-order valence-electron chi connectivity index (χ2n) is 3.79. The van der Waals surface area contributed by atoms with Gasteiger partial charge in [-0.25, -0.2) is 0 Å². The van der Waals surface area contributed by atoms with Crippen LogP contribution in [0.15, 0.2) is 24.3 Å². The van der Waals surface area contributed by atoms with Crippen LogP contribution in [0.1, 0.15) is 26.2 Å². The van der Waals surface area contributed by atoms with Gasteiger partial charge in [0.25, 0.3) is 0 Å². The fraction of sp³-hybridized carbons (Fsp3) is 0.538. The number of nitrogens with one attached hydrogen (secondary N) is 1. The highest BCUT2D eigenvalue weighted by atomic mass is 16.5. The maximum absolute atomic E-state index is 9.10. The lowest BCUT2D eigenvalue weighted by atomic mass is 10.3. The van der Waals surface area contributed by atoms with Crippen LogP contribution in [0.2, 0.25) is 0 Å². The van der Waals surface area contributed by atoms with E-state index in [9.17, 15) is 0 Å². The fourth-order valence-corrected chi connectivity index (χ4v) is 1.33. The van der Waals surface area contributed by atoms with E-state index in [0.717, 1.165) is 38.3 Å². The maximum atomic E-state index is 9.10. The van der Waals surface area contributed by atoms with Crippen LogP contribution in [-0.4, -0.2) is 24.9 Å². The van der Waals surface area contributed by atoms with Crippen molar-refractivity contribution in [2.45, 2.75) is 26.2 Å². The van der Waals surface area contributed by atoms with E-state index in [1.54, 1.807) is 12.1 Å². The summed E-state index contributed by atoms with van der Waals surface area (Å²) in [5.74, 6) is 0.299. The van der Waals surface area contributed by atoms with E-state index in [-0.39, 0.29) is 0 Å². The minimum atomic E-state index is 0.299. The van der Waals surface area contributed by atoms with Crippen LogP contribution < -0.4 is 5.32 Å². The third kappa shape index (κ3) is 5.61. The van der Waals surface area contributed by atoms with Gasteiger partial charge >= 0.3 is 0 Å². The van der Waals surface area contributed by atoms with Crippen molar-refractivity contribution >= 4 is 5.69 Å². The summed E-state index contributed by atoms with van der Waals surface area (Å²) in [6, 6.07) is 7.10. The number of ether oxygens (including phenoxy) is 1. The average molecular weight is 223 g/mol. The molecule has 16 heavy (non-hydrogen) atoms. The van der Waals surface area contributed by atoms with Crippen molar-refractivity contribution < 1.29 is 9.84 Å². The Morgan fingerprint density at radius 3 is 2.50 bits per heavy atom. The molecule has 1 aromatic rings. The van der Waals surface area contributed by atoms with E-state index in [2.05, 4.69) is 12.2 Å². The van der Waals surface area contributed by atoms with Crippen LogP contribution in [0.5, 0.6) is 5.75 Å². The first kappa shape index (κ1) is 12.8. The van der Waals surface area contributed by atoms with Crippen molar-refractivity contribution in [3.63, 3.8) is 0 Å². The second-order valence-corrected chi connectivity index (χ2v) is 3.79. The molecule has 3 heteroatoms. The van der Waals surface area contributed by atoms with Crippen molar-refractivity contribution in [1.29, 1.82) is 0 Å². The molecule has 0 radical (unpaired) electrons. The van der Waals surface area contributed by atoms with E-state index in [0.29, 0.717) is 5.75 Å². The first-order valence-electron chi connectivity index (χ1n) is 5.93. The van der Waals surface area contributed by atoms with Crippen molar-refractivity contribution in [2.24, 2.45) is 0 Å². The van der Waals surface area contributed by atoms with Gasteiger partial charge in [0.1, 0.15) is 5.75 Å². The topological polar surface area (TPSA) is 41.5 Å². The molecule has 3 nitrogen and oxygen atoms in total. The van der Waals surface area contributed by atoms with Gasteiger partial charge in [-0.2, -0.15) is 0 Å². The summed E-state index contributed by atoms with van der Waals surface area (Å²) in [6.07, 6.45) is 3.34. The Hall–Kier alpha value is -1.22. The molecule has 0 aliphatic carbocycles. The van der Waals surface area contributed by atoms with E-state index in [1.165, 1.54) is 6.42 Å². The lowest BCUT2D eigenvalue weighted by Crippen LogP contribution is -2.06. The van der Waals surface area contributed by atoms with Crippen molar-refractivity contribution in [3.8, 4) is 5.75 Å². The highest BCUT2D eigenvalue weighted by molar-refractivity contribution is 5.45. The molecule has 1 rings (SSSR count). The number of hydrogen-bond donors (Lipinski definition) is 2. The Labute approximate surface area is 97.4 Å². The quantitative estimate of drug-likeness (QED) is 0.526. The van der Waals surface area contributed by atoms with Crippen molar-refractivity contribution in [3.05, 3.63) is 24.3 Å². The molecule has 2 N–H and O–H groups in total. The zero-order valence-electron chi connectivity index (χ0n) is 9.91. The Bertz CT molecular complexity index is 272. The SMILES string of the molecule is CCCCOCCCNc1ccc(O)cc1. The molecule has 1 aromatic carbocycles. The standard InChI is InChI=1S/C13H21NO2/c1-2-3-10-16-11-4-9-14-12-5-7-13(15)8-6-12/h5-8,14-15H,2-4,9-11H2,1H3.